The zero-order valence-electron chi connectivity index (χ0n) is 14.2. The SMILES string of the molecule is COc1ccccc1CN(Cc1cccs1)C(=O)c1ccnc(C)n1. The summed E-state index contributed by atoms with van der Waals surface area (Å²) in [4.78, 5) is 24.3. The van der Waals surface area contributed by atoms with E-state index in [0.29, 0.717) is 24.6 Å². The molecule has 0 spiro atoms. The number of carbonyl (C=O) groups excluding carboxylic acids is 1. The Balaban J connectivity index is 1.90. The van der Waals surface area contributed by atoms with Crippen LogP contribution in [0.3, 0.4) is 0 Å². The third kappa shape index (κ3) is 4.22. The fourth-order valence-electron chi connectivity index (χ4n) is 2.57. The fraction of sp³-hybridized carbons (Fsp3) is 0.211. The Morgan fingerprint density at radius 1 is 1.16 bits per heavy atom. The molecule has 0 N–H and O–H groups in total. The van der Waals surface area contributed by atoms with Crippen LogP contribution in [-0.4, -0.2) is 27.9 Å². The van der Waals surface area contributed by atoms with Crippen LogP contribution in [0.1, 0.15) is 26.8 Å². The van der Waals surface area contributed by atoms with E-state index in [0.717, 1.165) is 16.2 Å². The molecule has 2 aromatic heterocycles. The molecule has 0 fully saturated rings. The van der Waals surface area contributed by atoms with Gasteiger partial charge in [0.1, 0.15) is 17.3 Å². The van der Waals surface area contributed by atoms with Crippen LogP contribution >= 0.6 is 11.3 Å². The first-order valence-corrected chi connectivity index (χ1v) is 8.78. The lowest BCUT2D eigenvalue weighted by molar-refractivity contribution is 0.0724. The Morgan fingerprint density at radius 3 is 2.72 bits per heavy atom. The molecule has 0 saturated carbocycles. The van der Waals surface area contributed by atoms with Crippen molar-refractivity contribution in [3.05, 3.63) is 76.0 Å². The molecule has 1 aromatic carbocycles. The number of para-hydroxylation sites is 1. The highest BCUT2D eigenvalue weighted by molar-refractivity contribution is 7.09. The van der Waals surface area contributed by atoms with Gasteiger partial charge in [0, 0.05) is 16.6 Å². The molecule has 0 radical (unpaired) electrons. The third-order valence-corrected chi connectivity index (χ3v) is 4.62. The number of thiophene rings is 1. The van der Waals surface area contributed by atoms with Crippen molar-refractivity contribution < 1.29 is 9.53 Å². The van der Waals surface area contributed by atoms with E-state index in [1.165, 1.54) is 0 Å². The van der Waals surface area contributed by atoms with E-state index in [1.807, 2.05) is 41.8 Å². The van der Waals surface area contributed by atoms with E-state index >= 15 is 0 Å². The van der Waals surface area contributed by atoms with Crippen LogP contribution in [0.5, 0.6) is 5.75 Å². The fourth-order valence-corrected chi connectivity index (χ4v) is 3.29. The average molecular weight is 353 g/mol. The van der Waals surface area contributed by atoms with E-state index in [9.17, 15) is 4.79 Å². The molecule has 0 unspecified atom stereocenters. The summed E-state index contributed by atoms with van der Waals surface area (Å²) in [7, 11) is 1.64. The standard InChI is InChI=1S/C19H19N3O2S/c1-14-20-10-9-17(21-14)19(23)22(13-16-7-5-11-25-16)12-15-6-3-4-8-18(15)24-2/h3-11H,12-13H2,1-2H3. The van der Waals surface area contributed by atoms with E-state index in [-0.39, 0.29) is 5.91 Å². The van der Waals surface area contributed by atoms with Gasteiger partial charge in [-0.2, -0.15) is 0 Å². The maximum absolute atomic E-state index is 13.0. The van der Waals surface area contributed by atoms with E-state index < -0.39 is 0 Å². The van der Waals surface area contributed by atoms with Gasteiger partial charge >= 0.3 is 0 Å². The zero-order chi connectivity index (χ0) is 17.6. The molecule has 0 aliphatic rings. The smallest absolute Gasteiger partial charge is 0.273 e. The van der Waals surface area contributed by atoms with Crippen molar-refractivity contribution in [3.63, 3.8) is 0 Å². The lowest BCUT2D eigenvalue weighted by Gasteiger charge is -2.23. The van der Waals surface area contributed by atoms with Crippen LogP contribution in [0.2, 0.25) is 0 Å². The third-order valence-electron chi connectivity index (χ3n) is 3.76. The van der Waals surface area contributed by atoms with Crippen LogP contribution in [0.15, 0.2) is 54.0 Å². The number of methoxy groups -OCH3 is 1. The molecule has 0 atom stereocenters. The molecule has 25 heavy (non-hydrogen) atoms. The molecular formula is C19H19N3O2S. The lowest BCUT2D eigenvalue weighted by atomic mass is 10.1. The summed E-state index contributed by atoms with van der Waals surface area (Å²) in [6.45, 7) is 2.75. The first kappa shape index (κ1) is 17.1. The molecule has 0 bridgehead atoms. The van der Waals surface area contributed by atoms with Crippen LogP contribution in [0.25, 0.3) is 0 Å². The Morgan fingerprint density at radius 2 is 2.00 bits per heavy atom. The molecule has 3 aromatic rings. The van der Waals surface area contributed by atoms with Crippen molar-refractivity contribution in [2.24, 2.45) is 0 Å². The minimum absolute atomic E-state index is 0.121. The molecule has 3 rings (SSSR count). The van der Waals surface area contributed by atoms with Crippen LogP contribution < -0.4 is 4.74 Å². The van der Waals surface area contributed by atoms with Gasteiger partial charge in [-0.05, 0) is 30.5 Å². The Hall–Kier alpha value is -2.73. The summed E-state index contributed by atoms with van der Waals surface area (Å²) in [5.74, 6) is 1.23. The van der Waals surface area contributed by atoms with Gasteiger partial charge < -0.3 is 9.64 Å². The molecular weight excluding hydrogens is 334 g/mol. The minimum atomic E-state index is -0.121. The van der Waals surface area contributed by atoms with E-state index in [4.69, 9.17) is 4.74 Å². The van der Waals surface area contributed by atoms with Gasteiger partial charge in [0.15, 0.2) is 0 Å². The summed E-state index contributed by atoms with van der Waals surface area (Å²) in [6, 6.07) is 13.4. The molecule has 128 valence electrons. The van der Waals surface area contributed by atoms with Crippen molar-refractivity contribution in [1.82, 2.24) is 14.9 Å². The van der Waals surface area contributed by atoms with Crippen LogP contribution in [-0.2, 0) is 13.1 Å². The van der Waals surface area contributed by atoms with Crippen molar-refractivity contribution >= 4 is 17.2 Å². The molecule has 0 saturated heterocycles. The number of amides is 1. The van der Waals surface area contributed by atoms with E-state index in [2.05, 4.69) is 9.97 Å². The van der Waals surface area contributed by atoms with Gasteiger partial charge in [0.25, 0.3) is 5.91 Å². The highest BCUT2D eigenvalue weighted by atomic mass is 32.1. The Bertz CT molecular complexity index is 849. The maximum atomic E-state index is 13.0. The predicted octanol–water partition coefficient (Wildman–Crippen LogP) is 3.70. The maximum Gasteiger partial charge on any atom is 0.273 e. The molecule has 1 amide bonds. The molecule has 0 aliphatic heterocycles. The Kier molecular flexibility index (Phi) is 5.40. The number of hydrogen-bond donors (Lipinski definition) is 0. The number of nitrogens with zero attached hydrogens (tertiary/aromatic N) is 3. The highest BCUT2D eigenvalue weighted by Gasteiger charge is 2.20. The van der Waals surface area contributed by atoms with E-state index in [1.54, 1.807) is 42.5 Å². The first-order chi connectivity index (χ1) is 12.2. The van der Waals surface area contributed by atoms with Gasteiger partial charge in [0.2, 0.25) is 0 Å². The quantitative estimate of drug-likeness (QED) is 0.678. The summed E-state index contributed by atoms with van der Waals surface area (Å²) in [6.07, 6.45) is 1.61. The van der Waals surface area contributed by atoms with Crippen LogP contribution in [0.4, 0.5) is 0 Å². The number of hydrogen-bond acceptors (Lipinski definition) is 5. The van der Waals surface area contributed by atoms with Crippen LogP contribution in [0, 0.1) is 6.92 Å². The zero-order valence-corrected chi connectivity index (χ0v) is 15.0. The number of aryl methyl sites for hydroxylation is 1. The van der Waals surface area contributed by atoms with Gasteiger partial charge in [0.05, 0.1) is 20.2 Å². The summed E-state index contributed by atoms with van der Waals surface area (Å²) < 4.78 is 5.43. The number of benzene rings is 1. The second-order valence-electron chi connectivity index (χ2n) is 5.54. The largest absolute Gasteiger partial charge is 0.496 e. The van der Waals surface area contributed by atoms with Gasteiger partial charge in [-0.3, -0.25) is 4.79 Å². The van der Waals surface area contributed by atoms with Crippen molar-refractivity contribution in [2.75, 3.05) is 7.11 Å². The van der Waals surface area contributed by atoms with Gasteiger partial charge in [-0.15, -0.1) is 11.3 Å². The van der Waals surface area contributed by atoms with Gasteiger partial charge in [-0.25, -0.2) is 9.97 Å². The van der Waals surface area contributed by atoms with Crippen molar-refractivity contribution in [2.45, 2.75) is 20.0 Å². The molecule has 5 nitrogen and oxygen atoms in total. The monoisotopic (exact) mass is 353 g/mol. The second-order valence-corrected chi connectivity index (χ2v) is 6.57. The number of rotatable bonds is 6. The Labute approximate surface area is 150 Å². The highest BCUT2D eigenvalue weighted by Crippen LogP contribution is 2.22. The number of aromatic nitrogens is 2. The normalized spacial score (nSPS) is 10.5. The summed E-state index contributed by atoms with van der Waals surface area (Å²) in [5.41, 5.74) is 1.36. The predicted molar refractivity (Wildman–Crippen MR) is 97.7 cm³/mol. The van der Waals surface area contributed by atoms with Gasteiger partial charge in [-0.1, -0.05) is 24.3 Å². The lowest BCUT2D eigenvalue weighted by Crippen LogP contribution is -2.30. The second kappa shape index (κ2) is 7.90. The average Bonchev–Trinajstić information content (AvgIpc) is 3.14. The topological polar surface area (TPSA) is 55.3 Å². The first-order valence-electron chi connectivity index (χ1n) is 7.90. The number of carbonyl (C=O) groups is 1. The molecule has 6 heteroatoms. The molecule has 0 aliphatic carbocycles. The summed E-state index contributed by atoms with van der Waals surface area (Å²) in [5, 5.41) is 2.01. The minimum Gasteiger partial charge on any atom is -0.496 e. The molecule has 2 heterocycles. The van der Waals surface area contributed by atoms with Crippen molar-refractivity contribution in [1.29, 1.82) is 0 Å². The number of ether oxygens (including phenoxy) is 1. The summed E-state index contributed by atoms with van der Waals surface area (Å²) >= 11 is 1.63. The van der Waals surface area contributed by atoms with Crippen molar-refractivity contribution in [3.8, 4) is 5.75 Å².